The minimum atomic E-state index is -0.182. The highest BCUT2D eigenvalue weighted by molar-refractivity contribution is 6.06. The van der Waals surface area contributed by atoms with Crippen LogP contribution in [0.25, 0.3) is 0 Å². The molecule has 0 unspecified atom stereocenters. The first-order valence-corrected chi connectivity index (χ1v) is 5.92. The number of nitrogens with one attached hydrogen (secondary N) is 1. The molecule has 1 amide bonds. The molecule has 0 atom stereocenters. The smallest absolute Gasteiger partial charge is 0.255 e. The van der Waals surface area contributed by atoms with Crippen LogP contribution < -0.4 is 15.8 Å². The van der Waals surface area contributed by atoms with Crippen molar-refractivity contribution in [3.63, 3.8) is 0 Å². The average Bonchev–Trinajstić information content (AvgIpc) is 2.41. The molecule has 0 heterocycles. The number of nitrogen functional groups attached to an aromatic ring is 1. The maximum absolute atomic E-state index is 12.2. The lowest BCUT2D eigenvalue weighted by Crippen LogP contribution is -2.14. The van der Waals surface area contributed by atoms with E-state index in [-0.39, 0.29) is 18.3 Å². The van der Waals surface area contributed by atoms with Crippen LogP contribution in [0.5, 0.6) is 5.75 Å². The molecule has 0 saturated heterocycles. The van der Waals surface area contributed by atoms with Gasteiger partial charge in [0.25, 0.3) is 5.91 Å². The third-order valence-electron chi connectivity index (χ3n) is 2.90. The van der Waals surface area contributed by atoms with Gasteiger partial charge < -0.3 is 15.8 Å². The van der Waals surface area contributed by atoms with Crippen molar-refractivity contribution in [2.75, 3.05) is 18.2 Å². The Balaban J connectivity index is 0.00000200. The zero-order chi connectivity index (χ0) is 13.8. The standard InChI is InChI=1S/C15H16N2O2.ClH/c1-10-5-3-4-6-12(10)15(18)17-14-9-11(19-2)7-8-13(14)16;/h3-9H,16H2,1-2H3,(H,17,18);1H. The number of aryl methyl sites for hydroxylation is 1. The maximum Gasteiger partial charge on any atom is 0.255 e. The molecule has 0 saturated carbocycles. The molecule has 0 aliphatic rings. The van der Waals surface area contributed by atoms with Crippen molar-refractivity contribution < 1.29 is 9.53 Å². The number of hydrogen-bond acceptors (Lipinski definition) is 3. The lowest BCUT2D eigenvalue weighted by molar-refractivity contribution is 0.102. The second kappa shape index (κ2) is 6.82. The summed E-state index contributed by atoms with van der Waals surface area (Å²) in [4.78, 5) is 12.2. The van der Waals surface area contributed by atoms with Crippen molar-refractivity contribution in [2.24, 2.45) is 0 Å². The summed E-state index contributed by atoms with van der Waals surface area (Å²) in [6.07, 6.45) is 0. The summed E-state index contributed by atoms with van der Waals surface area (Å²) in [5.74, 6) is 0.465. The molecule has 0 aliphatic heterocycles. The van der Waals surface area contributed by atoms with Crippen LogP contribution >= 0.6 is 12.4 Å². The van der Waals surface area contributed by atoms with Crippen molar-refractivity contribution in [3.05, 3.63) is 53.6 Å². The number of methoxy groups -OCH3 is 1. The van der Waals surface area contributed by atoms with Crippen LogP contribution in [0.3, 0.4) is 0 Å². The molecule has 2 aromatic rings. The van der Waals surface area contributed by atoms with Crippen molar-refractivity contribution >= 4 is 29.7 Å². The molecule has 20 heavy (non-hydrogen) atoms. The largest absolute Gasteiger partial charge is 0.497 e. The first kappa shape index (κ1) is 15.9. The summed E-state index contributed by atoms with van der Waals surface area (Å²) in [6.45, 7) is 1.89. The van der Waals surface area contributed by atoms with Crippen molar-refractivity contribution in [2.45, 2.75) is 6.92 Å². The average molecular weight is 293 g/mol. The number of amides is 1. The van der Waals surface area contributed by atoms with Crippen LogP contribution in [0, 0.1) is 6.92 Å². The Hall–Kier alpha value is -2.20. The van der Waals surface area contributed by atoms with E-state index in [4.69, 9.17) is 10.5 Å². The molecule has 0 fully saturated rings. The highest BCUT2D eigenvalue weighted by Crippen LogP contribution is 2.25. The molecule has 5 heteroatoms. The molecule has 2 aromatic carbocycles. The quantitative estimate of drug-likeness (QED) is 0.854. The van der Waals surface area contributed by atoms with Gasteiger partial charge in [-0.3, -0.25) is 4.79 Å². The normalized spacial score (nSPS) is 9.50. The Bertz CT molecular complexity index is 615. The number of halogens is 1. The third kappa shape index (κ3) is 3.42. The number of benzene rings is 2. The number of nitrogens with two attached hydrogens (primary N) is 1. The molecule has 0 aliphatic carbocycles. The fraction of sp³-hybridized carbons (Fsp3) is 0.133. The predicted molar refractivity (Wildman–Crippen MR) is 83.8 cm³/mol. The number of ether oxygens (including phenoxy) is 1. The number of rotatable bonds is 3. The second-order valence-electron chi connectivity index (χ2n) is 4.22. The predicted octanol–water partition coefficient (Wildman–Crippen LogP) is 3.26. The van der Waals surface area contributed by atoms with Crippen LogP contribution in [-0.4, -0.2) is 13.0 Å². The van der Waals surface area contributed by atoms with E-state index in [0.717, 1.165) is 5.56 Å². The van der Waals surface area contributed by atoms with Gasteiger partial charge in [-0.2, -0.15) is 0 Å². The van der Waals surface area contributed by atoms with Gasteiger partial charge in [-0.25, -0.2) is 0 Å². The fourth-order valence-corrected chi connectivity index (χ4v) is 1.79. The Morgan fingerprint density at radius 1 is 1.20 bits per heavy atom. The first-order chi connectivity index (χ1) is 9.11. The highest BCUT2D eigenvalue weighted by Gasteiger charge is 2.10. The SMILES string of the molecule is COc1ccc(N)c(NC(=O)c2ccccc2C)c1.Cl. The number of carbonyl (C=O) groups is 1. The van der Waals surface area contributed by atoms with E-state index in [9.17, 15) is 4.79 Å². The molecule has 0 bridgehead atoms. The van der Waals surface area contributed by atoms with E-state index < -0.39 is 0 Å². The summed E-state index contributed by atoms with van der Waals surface area (Å²) < 4.78 is 5.11. The monoisotopic (exact) mass is 292 g/mol. The van der Waals surface area contributed by atoms with E-state index in [1.165, 1.54) is 0 Å². The molecule has 106 valence electrons. The van der Waals surface area contributed by atoms with Gasteiger partial charge in [0.2, 0.25) is 0 Å². The molecular formula is C15H17ClN2O2. The number of anilines is 2. The summed E-state index contributed by atoms with van der Waals surface area (Å²) in [6, 6.07) is 12.5. The zero-order valence-electron chi connectivity index (χ0n) is 11.3. The van der Waals surface area contributed by atoms with E-state index >= 15 is 0 Å². The Kier molecular flexibility index (Phi) is 5.41. The molecule has 0 spiro atoms. The number of carbonyl (C=O) groups excluding carboxylic acids is 1. The molecule has 2 rings (SSSR count). The summed E-state index contributed by atoms with van der Waals surface area (Å²) in [7, 11) is 1.57. The topological polar surface area (TPSA) is 64.3 Å². The fourth-order valence-electron chi connectivity index (χ4n) is 1.79. The van der Waals surface area contributed by atoms with Crippen LogP contribution in [0.15, 0.2) is 42.5 Å². The van der Waals surface area contributed by atoms with E-state index in [0.29, 0.717) is 22.7 Å². The van der Waals surface area contributed by atoms with Gasteiger partial charge in [-0.15, -0.1) is 12.4 Å². The van der Waals surface area contributed by atoms with Crippen molar-refractivity contribution in [3.8, 4) is 5.75 Å². The first-order valence-electron chi connectivity index (χ1n) is 5.92. The van der Waals surface area contributed by atoms with Crippen LogP contribution in [0.4, 0.5) is 11.4 Å². The molecule has 4 nitrogen and oxygen atoms in total. The van der Waals surface area contributed by atoms with Gasteiger partial charge in [0.05, 0.1) is 18.5 Å². The van der Waals surface area contributed by atoms with Crippen LogP contribution in [0.1, 0.15) is 15.9 Å². The molecule has 3 N–H and O–H groups in total. The molecule has 0 radical (unpaired) electrons. The van der Waals surface area contributed by atoms with Crippen molar-refractivity contribution in [1.82, 2.24) is 0 Å². The summed E-state index contributed by atoms with van der Waals surface area (Å²) >= 11 is 0. The summed E-state index contributed by atoms with van der Waals surface area (Å²) in [5.41, 5.74) is 8.44. The minimum Gasteiger partial charge on any atom is -0.497 e. The van der Waals surface area contributed by atoms with E-state index in [1.54, 1.807) is 31.4 Å². The number of hydrogen-bond donors (Lipinski definition) is 2. The van der Waals surface area contributed by atoms with E-state index in [1.807, 2.05) is 25.1 Å². The lowest BCUT2D eigenvalue weighted by Gasteiger charge is -2.11. The zero-order valence-corrected chi connectivity index (χ0v) is 12.2. The van der Waals surface area contributed by atoms with Crippen molar-refractivity contribution in [1.29, 1.82) is 0 Å². The van der Waals surface area contributed by atoms with Gasteiger partial charge in [-0.05, 0) is 30.7 Å². The van der Waals surface area contributed by atoms with Gasteiger partial charge in [0.1, 0.15) is 5.75 Å². The van der Waals surface area contributed by atoms with Gasteiger partial charge in [0.15, 0.2) is 0 Å². The van der Waals surface area contributed by atoms with Gasteiger partial charge in [-0.1, -0.05) is 18.2 Å². The van der Waals surface area contributed by atoms with Gasteiger partial charge in [0, 0.05) is 11.6 Å². The Labute approximate surface area is 124 Å². The lowest BCUT2D eigenvalue weighted by atomic mass is 10.1. The molecular weight excluding hydrogens is 276 g/mol. The second-order valence-corrected chi connectivity index (χ2v) is 4.22. The third-order valence-corrected chi connectivity index (χ3v) is 2.90. The summed E-state index contributed by atoms with van der Waals surface area (Å²) in [5, 5.41) is 2.80. The maximum atomic E-state index is 12.2. The molecule has 0 aromatic heterocycles. The van der Waals surface area contributed by atoms with Crippen LogP contribution in [-0.2, 0) is 0 Å². The van der Waals surface area contributed by atoms with Gasteiger partial charge >= 0.3 is 0 Å². The van der Waals surface area contributed by atoms with E-state index in [2.05, 4.69) is 5.32 Å². The minimum absolute atomic E-state index is 0. The highest BCUT2D eigenvalue weighted by atomic mass is 35.5. The Morgan fingerprint density at radius 2 is 1.90 bits per heavy atom. The van der Waals surface area contributed by atoms with Crippen LogP contribution in [0.2, 0.25) is 0 Å². The Morgan fingerprint density at radius 3 is 2.55 bits per heavy atom.